The van der Waals surface area contributed by atoms with Crippen molar-refractivity contribution >= 4 is 20.9 Å². The first-order valence-electron chi connectivity index (χ1n) is 10.2. The van der Waals surface area contributed by atoms with Gasteiger partial charge in [-0.2, -0.15) is 9.97 Å². The number of nitrogens with two attached hydrogens (primary N) is 1. The second kappa shape index (κ2) is 9.12. The van der Waals surface area contributed by atoms with Gasteiger partial charge in [0.25, 0.3) is 5.56 Å². The van der Waals surface area contributed by atoms with Crippen molar-refractivity contribution in [1.82, 2.24) is 14.5 Å². The maximum absolute atomic E-state index is 14.7. The lowest BCUT2D eigenvalue weighted by atomic mass is 10.0. The molecule has 2 heterocycles. The minimum atomic E-state index is -3.53. The van der Waals surface area contributed by atoms with Crippen LogP contribution in [0.5, 0.6) is 6.01 Å². The minimum Gasteiger partial charge on any atom is -0.443 e. The predicted molar refractivity (Wildman–Crippen MR) is 123 cm³/mol. The van der Waals surface area contributed by atoms with E-state index in [1.165, 1.54) is 24.3 Å². The topological polar surface area (TPSA) is 117 Å². The van der Waals surface area contributed by atoms with Crippen LogP contribution in [-0.2, 0) is 9.84 Å². The summed E-state index contributed by atoms with van der Waals surface area (Å²) < 4.78 is 72.4. The molecule has 0 radical (unpaired) electrons. The largest absolute Gasteiger partial charge is 0.443 e. The van der Waals surface area contributed by atoms with E-state index in [9.17, 15) is 26.4 Å². The van der Waals surface area contributed by atoms with E-state index in [0.717, 1.165) is 35.1 Å². The maximum Gasteiger partial charge on any atom is 0.320 e. The molecule has 0 aliphatic heterocycles. The zero-order chi connectivity index (χ0) is 25.5. The molecule has 0 amide bonds. The fourth-order valence-corrected chi connectivity index (χ4v) is 4.30. The fraction of sp³-hybridized carbons (Fsp3) is 0.174. The number of pyridine rings is 1. The van der Waals surface area contributed by atoms with Crippen LogP contribution in [-0.4, -0.2) is 41.2 Å². The Morgan fingerprint density at radius 2 is 1.74 bits per heavy atom. The quantitative estimate of drug-likeness (QED) is 0.401. The van der Waals surface area contributed by atoms with E-state index in [1.54, 1.807) is 6.92 Å². The van der Waals surface area contributed by atoms with Crippen molar-refractivity contribution in [3.05, 3.63) is 81.9 Å². The average Bonchev–Trinajstić information content (AvgIpc) is 2.73. The van der Waals surface area contributed by atoms with Gasteiger partial charge in [-0.1, -0.05) is 6.07 Å². The molecule has 1 atom stereocenters. The number of fused-ring (bicyclic) bond motifs is 1. The van der Waals surface area contributed by atoms with E-state index >= 15 is 0 Å². The van der Waals surface area contributed by atoms with Crippen LogP contribution in [0.2, 0.25) is 0 Å². The molecule has 35 heavy (non-hydrogen) atoms. The third-order valence-corrected chi connectivity index (χ3v) is 5.99. The van der Waals surface area contributed by atoms with Gasteiger partial charge in [-0.3, -0.25) is 15.1 Å². The van der Waals surface area contributed by atoms with E-state index in [0.29, 0.717) is 11.1 Å². The number of halogens is 3. The lowest BCUT2D eigenvalue weighted by Gasteiger charge is -2.17. The van der Waals surface area contributed by atoms with Crippen molar-refractivity contribution < 1.29 is 26.3 Å². The van der Waals surface area contributed by atoms with E-state index in [1.807, 2.05) is 0 Å². The Hall–Kier alpha value is -3.77. The molecule has 8 nitrogen and oxygen atoms in total. The first kappa shape index (κ1) is 24.4. The lowest BCUT2D eigenvalue weighted by molar-refractivity contribution is 0.214. The van der Waals surface area contributed by atoms with Crippen LogP contribution in [0.25, 0.3) is 28.0 Å². The van der Waals surface area contributed by atoms with E-state index in [2.05, 4.69) is 9.97 Å². The first-order chi connectivity index (χ1) is 16.4. The SMILES string of the molecule is Cc1cc(F)ccc1-c1nc(OC(N)CS(C)(=O)=O)nc2c1ccc(=O)n2-c1c(F)cccc1F. The van der Waals surface area contributed by atoms with Crippen LogP contribution < -0.4 is 16.0 Å². The number of hydrogen-bond acceptors (Lipinski definition) is 7. The van der Waals surface area contributed by atoms with Crippen LogP contribution in [0, 0.1) is 24.4 Å². The predicted octanol–water partition coefficient (Wildman–Crippen LogP) is 2.88. The summed E-state index contributed by atoms with van der Waals surface area (Å²) in [6.07, 6.45) is -0.415. The van der Waals surface area contributed by atoms with Gasteiger partial charge in [-0.15, -0.1) is 0 Å². The molecule has 0 saturated heterocycles. The van der Waals surface area contributed by atoms with Crippen LogP contribution in [0.15, 0.2) is 53.3 Å². The number of rotatable bonds is 6. The second-order valence-electron chi connectivity index (χ2n) is 7.88. The molecular formula is C23H19F3N4O4S. The van der Waals surface area contributed by atoms with Crippen molar-refractivity contribution in [2.45, 2.75) is 13.2 Å². The number of hydrogen-bond donors (Lipinski definition) is 1. The van der Waals surface area contributed by atoms with Crippen LogP contribution in [0.3, 0.4) is 0 Å². The van der Waals surface area contributed by atoms with Crippen molar-refractivity contribution in [1.29, 1.82) is 0 Å². The molecule has 4 aromatic rings. The summed E-state index contributed by atoms with van der Waals surface area (Å²) >= 11 is 0. The van der Waals surface area contributed by atoms with Gasteiger partial charge in [0.05, 0.1) is 5.69 Å². The van der Waals surface area contributed by atoms with Gasteiger partial charge >= 0.3 is 6.01 Å². The molecule has 2 N–H and O–H groups in total. The lowest BCUT2D eigenvalue weighted by Crippen LogP contribution is -2.35. The molecule has 0 bridgehead atoms. The minimum absolute atomic E-state index is 0.152. The fourth-order valence-electron chi connectivity index (χ4n) is 3.63. The number of benzene rings is 2. The summed E-state index contributed by atoms with van der Waals surface area (Å²) in [5, 5.41) is 0.200. The van der Waals surface area contributed by atoms with Gasteiger partial charge in [0.2, 0.25) is 0 Å². The maximum atomic E-state index is 14.7. The van der Waals surface area contributed by atoms with Crippen molar-refractivity contribution in [3.8, 4) is 23.0 Å². The Morgan fingerprint density at radius 1 is 1.06 bits per heavy atom. The summed E-state index contributed by atoms with van der Waals surface area (Å²) in [4.78, 5) is 21.2. The highest BCUT2D eigenvalue weighted by atomic mass is 32.2. The van der Waals surface area contributed by atoms with Gasteiger partial charge in [0.1, 0.15) is 28.9 Å². The summed E-state index contributed by atoms with van der Waals surface area (Å²) in [6.45, 7) is 1.62. The highest BCUT2D eigenvalue weighted by Gasteiger charge is 2.22. The van der Waals surface area contributed by atoms with Crippen molar-refractivity contribution in [2.24, 2.45) is 5.73 Å². The molecular weight excluding hydrogens is 485 g/mol. The Bertz CT molecular complexity index is 1600. The molecule has 0 aliphatic carbocycles. The summed E-state index contributed by atoms with van der Waals surface area (Å²) in [7, 11) is -3.53. The van der Waals surface area contributed by atoms with Crippen molar-refractivity contribution in [2.75, 3.05) is 12.0 Å². The Balaban J connectivity index is 2.06. The molecule has 0 fully saturated rings. The van der Waals surface area contributed by atoms with Gasteiger partial charge in [0, 0.05) is 23.3 Å². The number of nitrogens with zero attached hydrogens (tertiary/aromatic N) is 3. The van der Waals surface area contributed by atoms with Gasteiger partial charge in [-0.25, -0.2) is 21.6 Å². The smallest absolute Gasteiger partial charge is 0.320 e. The normalized spacial score (nSPS) is 12.6. The van der Waals surface area contributed by atoms with Gasteiger partial charge < -0.3 is 4.74 Å². The van der Waals surface area contributed by atoms with Crippen LogP contribution in [0.4, 0.5) is 13.2 Å². The first-order valence-corrected chi connectivity index (χ1v) is 12.3. The van der Waals surface area contributed by atoms with Crippen LogP contribution >= 0.6 is 0 Å². The third kappa shape index (κ3) is 5.03. The molecule has 0 spiro atoms. The zero-order valence-corrected chi connectivity index (χ0v) is 19.3. The number of aromatic nitrogens is 3. The molecule has 12 heteroatoms. The molecule has 1 unspecified atom stereocenters. The van der Waals surface area contributed by atoms with E-state index in [-0.39, 0.29) is 16.7 Å². The molecule has 2 aromatic carbocycles. The molecule has 0 saturated carbocycles. The average molecular weight is 504 g/mol. The molecule has 0 aliphatic rings. The zero-order valence-electron chi connectivity index (χ0n) is 18.5. The van der Waals surface area contributed by atoms with Crippen molar-refractivity contribution in [3.63, 3.8) is 0 Å². The molecule has 2 aromatic heterocycles. The summed E-state index contributed by atoms with van der Waals surface area (Å²) in [6, 6.07) is 9.01. The Kier molecular flexibility index (Phi) is 6.34. The monoisotopic (exact) mass is 504 g/mol. The summed E-state index contributed by atoms with van der Waals surface area (Å²) in [5.41, 5.74) is 5.12. The second-order valence-corrected chi connectivity index (χ2v) is 10.1. The Morgan fingerprint density at radius 3 is 2.37 bits per heavy atom. The van der Waals surface area contributed by atoms with E-state index in [4.69, 9.17) is 10.5 Å². The highest BCUT2D eigenvalue weighted by molar-refractivity contribution is 7.90. The molecule has 182 valence electrons. The molecule has 4 rings (SSSR count). The summed E-state index contributed by atoms with van der Waals surface area (Å²) in [5.74, 6) is -3.10. The van der Waals surface area contributed by atoms with Crippen LogP contribution in [0.1, 0.15) is 5.56 Å². The Labute approximate surface area is 197 Å². The highest BCUT2D eigenvalue weighted by Crippen LogP contribution is 2.31. The van der Waals surface area contributed by atoms with E-state index < -0.39 is 56.5 Å². The number of ether oxygens (including phenoxy) is 1. The standard InChI is InChI=1S/C23H19F3N4O4S/c1-12-10-13(24)6-7-14(12)20-15-8-9-19(31)30(21-16(25)4-3-5-17(21)26)22(15)29-23(28-20)34-18(27)11-35(2,32)33/h3-10,18H,11,27H2,1-2H3. The number of aryl methyl sites for hydroxylation is 1. The number of sulfone groups is 1. The number of para-hydroxylation sites is 1. The third-order valence-electron chi connectivity index (χ3n) is 5.06. The van der Waals surface area contributed by atoms with Gasteiger partial charge in [0.15, 0.2) is 21.7 Å². The van der Waals surface area contributed by atoms with Gasteiger partial charge in [-0.05, 0) is 48.9 Å².